The molecular formula is C20H17F3N2O5. The summed E-state index contributed by atoms with van der Waals surface area (Å²) in [5, 5.41) is 2.37. The molecule has 0 aliphatic rings. The first kappa shape index (κ1) is 21.2. The normalized spacial score (nSPS) is 13.6. The Morgan fingerprint density at radius 3 is 2.33 bits per heavy atom. The number of hydrogen-bond donors (Lipinski definition) is 1. The van der Waals surface area contributed by atoms with Gasteiger partial charge in [-0.3, -0.25) is 9.36 Å². The molecule has 2 atom stereocenters. The Bertz CT molecular complexity index is 1130. The predicted octanol–water partition coefficient (Wildman–Crippen LogP) is 3.74. The van der Waals surface area contributed by atoms with Crippen LogP contribution in [0.25, 0.3) is 11.1 Å². The fourth-order valence-corrected chi connectivity index (χ4v) is 2.77. The highest BCUT2D eigenvalue weighted by Crippen LogP contribution is 2.29. The van der Waals surface area contributed by atoms with Crippen molar-refractivity contribution in [2.24, 2.45) is 0 Å². The number of para-hydroxylation sites is 2. The van der Waals surface area contributed by atoms with Crippen LogP contribution in [0.5, 0.6) is 0 Å². The number of nitrogens with zero attached hydrogens (tertiary/aromatic N) is 1. The molecule has 0 unspecified atom stereocenters. The van der Waals surface area contributed by atoms with E-state index in [2.05, 4.69) is 5.32 Å². The van der Waals surface area contributed by atoms with Gasteiger partial charge < -0.3 is 14.5 Å². The van der Waals surface area contributed by atoms with Crippen LogP contribution in [0.2, 0.25) is 0 Å². The minimum Gasteiger partial charge on any atom is -0.451 e. The molecule has 1 N–H and O–H groups in total. The van der Waals surface area contributed by atoms with E-state index in [0.717, 1.165) is 28.8 Å². The number of halogens is 3. The van der Waals surface area contributed by atoms with E-state index in [-0.39, 0.29) is 5.69 Å². The zero-order valence-electron chi connectivity index (χ0n) is 15.9. The van der Waals surface area contributed by atoms with E-state index in [1.54, 1.807) is 24.3 Å². The maximum absolute atomic E-state index is 12.6. The third kappa shape index (κ3) is 4.37. The smallest absolute Gasteiger partial charge is 0.420 e. The van der Waals surface area contributed by atoms with E-state index in [1.165, 1.54) is 13.8 Å². The Morgan fingerprint density at radius 2 is 1.70 bits per heavy atom. The lowest BCUT2D eigenvalue weighted by atomic mass is 10.2. The minimum absolute atomic E-state index is 0.112. The summed E-state index contributed by atoms with van der Waals surface area (Å²) in [4.78, 5) is 36.7. The van der Waals surface area contributed by atoms with Crippen molar-refractivity contribution < 1.29 is 31.9 Å². The van der Waals surface area contributed by atoms with Crippen molar-refractivity contribution in [3.8, 4) is 0 Å². The number of rotatable bonds is 5. The molecule has 1 amide bonds. The van der Waals surface area contributed by atoms with Crippen LogP contribution in [-0.4, -0.2) is 22.5 Å². The SMILES string of the molecule is C[C@H](OC(=O)[C@@H](C)n1c(=O)oc2ccccc21)C(=O)Nc1ccc(C(F)(F)F)cc1. The number of carbonyl (C=O) groups excluding carboxylic acids is 2. The van der Waals surface area contributed by atoms with Gasteiger partial charge in [0.15, 0.2) is 11.7 Å². The van der Waals surface area contributed by atoms with Crippen LogP contribution < -0.4 is 11.1 Å². The molecule has 0 aliphatic carbocycles. The van der Waals surface area contributed by atoms with Crippen molar-refractivity contribution in [1.82, 2.24) is 4.57 Å². The standard InChI is InChI=1S/C20H17F3N2O5/c1-11(25-15-5-3-4-6-16(15)30-19(25)28)18(27)29-12(2)17(26)24-14-9-7-13(8-10-14)20(21,22)23/h3-12H,1-2H3,(H,24,26)/t11-,12+/m1/s1. The molecule has 3 aromatic rings. The number of ether oxygens (including phenoxy) is 1. The fourth-order valence-electron chi connectivity index (χ4n) is 2.77. The van der Waals surface area contributed by atoms with Gasteiger partial charge in [-0.2, -0.15) is 13.2 Å². The molecule has 0 bridgehead atoms. The highest BCUT2D eigenvalue weighted by Gasteiger charge is 2.30. The summed E-state index contributed by atoms with van der Waals surface area (Å²) < 4.78 is 49.1. The first-order valence-corrected chi connectivity index (χ1v) is 8.86. The van der Waals surface area contributed by atoms with Gasteiger partial charge in [-0.25, -0.2) is 9.59 Å². The lowest BCUT2D eigenvalue weighted by molar-refractivity contribution is -0.156. The topological polar surface area (TPSA) is 90.5 Å². The van der Waals surface area contributed by atoms with Gasteiger partial charge in [-0.05, 0) is 50.2 Å². The second-order valence-electron chi connectivity index (χ2n) is 6.53. The first-order valence-electron chi connectivity index (χ1n) is 8.86. The van der Waals surface area contributed by atoms with E-state index < -0.39 is 41.5 Å². The van der Waals surface area contributed by atoms with Gasteiger partial charge in [0.05, 0.1) is 11.1 Å². The summed E-state index contributed by atoms with van der Waals surface area (Å²) in [6, 6.07) is 9.29. The maximum Gasteiger partial charge on any atom is 0.420 e. The van der Waals surface area contributed by atoms with Gasteiger partial charge in [0.25, 0.3) is 5.91 Å². The van der Waals surface area contributed by atoms with Crippen LogP contribution in [0, 0.1) is 0 Å². The van der Waals surface area contributed by atoms with Gasteiger partial charge in [-0.1, -0.05) is 12.1 Å². The number of esters is 1. The Morgan fingerprint density at radius 1 is 1.07 bits per heavy atom. The molecule has 3 rings (SSSR count). The van der Waals surface area contributed by atoms with Crippen LogP contribution in [0.3, 0.4) is 0 Å². The van der Waals surface area contributed by atoms with Crippen LogP contribution >= 0.6 is 0 Å². The number of oxazole rings is 1. The zero-order valence-corrected chi connectivity index (χ0v) is 15.9. The van der Waals surface area contributed by atoms with Crippen molar-refractivity contribution in [3.63, 3.8) is 0 Å². The molecule has 1 aromatic heterocycles. The summed E-state index contributed by atoms with van der Waals surface area (Å²) in [5.41, 5.74) is -0.0448. The van der Waals surface area contributed by atoms with Crippen molar-refractivity contribution in [2.75, 3.05) is 5.32 Å². The number of alkyl halides is 3. The van der Waals surface area contributed by atoms with Crippen molar-refractivity contribution >= 4 is 28.7 Å². The second-order valence-corrected chi connectivity index (χ2v) is 6.53. The van der Waals surface area contributed by atoms with E-state index in [0.29, 0.717) is 11.1 Å². The molecule has 158 valence electrons. The number of anilines is 1. The van der Waals surface area contributed by atoms with Gasteiger partial charge in [0.1, 0.15) is 6.04 Å². The van der Waals surface area contributed by atoms with Gasteiger partial charge in [0.2, 0.25) is 0 Å². The molecule has 1 heterocycles. The molecule has 10 heteroatoms. The zero-order chi connectivity index (χ0) is 22.1. The molecule has 0 spiro atoms. The quantitative estimate of drug-likeness (QED) is 0.633. The van der Waals surface area contributed by atoms with Gasteiger partial charge >= 0.3 is 17.9 Å². The number of fused-ring (bicyclic) bond motifs is 1. The molecule has 30 heavy (non-hydrogen) atoms. The largest absolute Gasteiger partial charge is 0.451 e. The van der Waals surface area contributed by atoms with Crippen LogP contribution in [0.4, 0.5) is 18.9 Å². The van der Waals surface area contributed by atoms with Crippen molar-refractivity contribution in [2.45, 2.75) is 32.2 Å². The molecule has 0 fully saturated rings. The Balaban J connectivity index is 1.66. The summed E-state index contributed by atoms with van der Waals surface area (Å²) in [5.74, 6) is -2.33. The lowest BCUT2D eigenvalue weighted by Crippen LogP contribution is -2.34. The van der Waals surface area contributed by atoms with Crippen molar-refractivity contribution in [1.29, 1.82) is 0 Å². The van der Waals surface area contributed by atoms with E-state index in [4.69, 9.17) is 9.15 Å². The van der Waals surface area contributed by atoms with E-state index in [1.807, 2.05) is 0 Å². The number of amides is 1. The third-order valence-corrected chi connectivity index (χ3v) is 4.39. The summed E-state index contributed by atoms with van der Waals surface area (Å²) in [6.45, 7) is 2.73. The summed E-state index contributed by atoms with van der Waals surface area (Å²) in [6.07, 6.45) is -5.74. The monoisotopic (exact) mass is 422 g/mol. The average Bonchev–Trinajstić information content (AvgIpc) is 3.02. The van der Waals surface area contributed by atoms with E-state index >= 15 is 0 Å². The van der Waals surface area contributed by atoms with E-state index in [9.17, 15) is 27.6 Å². The predicted molar refractivity (Wildman–Crippen MR) is 101 cm³/mol. The molecular weight excluding hydrogens is 405 g/mol. The van der Waals surface area contributed by atoms with Crippen molar-refractivity contribution in [3.05, 3.63) is 64.6 Å². The lowest BCUT2D eigenvalue weighted by Gasteiger charge is -2.17. The number of nitrogens with one attached hydrogen (secondary N) is 1. The third-order valence-electron chi connectivity index (χ3n) is 4.39. The molecule has 0 aliphatic heterocycles. The number of benzene rings is 2. The number of aromatic nitrogens is 1. The molecule has 0 saturated heterocycles. The number of carbonyl (C=O) groups is 2. The molecule has 0 saturated carbocycles. The minimum atomic E-state index is -4.49. The molecule has 2 aromatic carbocycles. The Hall–Kier alpha value is -3.56. The Labute approximate surface area is 168 Å². The average molecular weight is 422 g/mol. The summed E-state index contributed by atoms with van der Waals surface area (Å²) >= 11 is 0. The highest BCUT2D eigenvalue weighted by molar-refractivity contribution is 5.95. The second kappa shape index (κ2) is 8.05. The maximum atomic E-state index is 12.6. The van der Waals surface area contributed by atoms with Crippen LogP contribution in [-0.2, 0) is 20.5 Å². The number of hydrogen-bond acceptors (Lipinski definition) is 5. The molecule has 0 radical (unpaired) electrons. The van der Waals surface area contributed by atoms with Crippen LogP contribution in [0.15, 0.2) is 57.7 Å². The Kier molecular flexibility index (Phi) is 5.68. The van der Waals surface area contributed by atoms with Gasteiger partial charge in [-0.15, -0.1) is 0 Å². The molecule has 7 nitrogen and oxygen atoms in total. The highest BCUT2D eigenvalue weighted by atomic mass is 19.4. The first-order chi connectivity index (χ1) is 14.1. The summed E-state index contributed by atoms with van der Waals surface area (Å²) in [7, 11) is 0. The fraction of sp³-hybridized carbons (Fsp3) is 0.250. The van der Waals surface area contributed by atoms with Gasteiger partial charge in [0, 0.05) is 5.69 Å². The van der Waals surface area contributed by atoms with Crippen LogP contribution in [0.1, 0.15) is 25.5 Å².